The summed E-state index contributed by atoms with van der Waals surface area (Å²) >= 11 is 0. The summed E-state index contributed by atoms with van der Waals surface area (Å²) in [5, 5.41) is 13.5. The van der Waals surface area contributed by atoms with E-state index in [-0.39, 0.29) is 59.7 Å². The molecule has 1 aliphatic rings. The van der Waals surface area contributed by atoms with E-state index in [1.54, 1.807) is 0 Å². The van der Waals surface area contributed by atoms with Crippen molar-refractivity contribution in [1.82, 2.24) is 4.98 Å². The van der Waals surface area contributed by atoms with Gasteiger partial charge in [0.1, 0.15) is 0 Å². The van der Waals surface area contributed by atoms with Crippen LogP contribution in [0.1, 0.15) is 124 Å². The van der Waals surface area contributed by atoms with E-state index in [1.807, 2.05) is 27.7 Å². The first-order valence-corrected chi connectivity index (χ1v) is 17.9. The van der Waals surface area contributed by atoms with Crippen LogP contribution >= 0.6 is 0 Å². The number of fused-ring (bicyclic) bond motifs is 5. The van der Waals surface area contributed by atoms with Gasteiger partial charge < -0.3 is 5.11 Å². The van der Waals surface area contributed by atoms with Crippen molar-refractivity contribution >= 4 is 27.5 Å². The number of allylic oxidation sites excluding steroid dienone is 2. The van der Waals surface area contributed by atoms with Crippen LogP contribution < -0.4 is 0 Å². The SMILES string of the molecule is CCC(CC)C(=O)/C=C(\O)C(CC)CC.Cc1c2c([c-]c3ccccc13)-c1nc3ccccc3c(CC(C)(C)C)c1C(C)(C)C2(C)C.[Ir]. The predicted octanol–water partition coefficient (Wildman–Crippen LogP) is 12.2. The fraction of sp³-hybridized carbons (Fsp3) is 0.500. The van der Waals surface area contributed by atoms with Gasteiger partial charge in [-0.2, -0.15) is 0 Å². The fourth-order valence-corrected chi connectivity index (χ4v) is 7.65. The van der Waals surface area contributed by atoms with Crippen molar-refractivity contribution in [3.63, 3.8) is 0 Å². The molecule has 261 valence electrons. The number of aliphatic hydroxyl groups excluding tert-OH is 1. The molecule has 1 N–H and O–H groups in total. The molecule has 1 radical (unpaired) electrons. The molecule has 0 atom stereocenters. The van der Waals surface area contributed by atoms with Crippen molar-refractivity contribution < 1.29 is 30.0 Å². The number of aromatic nitrogens is 1. The van der Waals surface area contributed by atoms with Crippen LogP contribution in [0, 0.1) is 30.2 Å². The van der Waals surface area contributed by atoms with Crippen LogP contribution in [0.3, 0.4) is 0 Å². The molecule has 0 fully saturated rings. The van der Waals surface area contributed by atoms with Gasteiger partial charge in [0.15, 0.2) is 5.78 Å². The number of hydrogen-bond donors (Lipinski definition) is 1. The second-order valence-corrected chi connectivity index (χ2v) is 15.9. The van der Waals surface area contributed by atoms with Crippen molar-refractivity contribution in [2.75, 3.05) is 0 Å². The Balaban J connectivity index is 0.000000334. The van der Waals surface area contributed by atoms with Crippen molar-refractivity contribution in [1.29, 1.82) is 0 Å². The molecule has 0 bridgehead atoms. The van der Waals surface area contributed by atoms with E-state index in [0.29, 0.717) is 0 Å². The Bertz CT molecular complexity index is 1780. The summed E-state index contributed by atoms with van der Waals surface area (Å²) in [6, 6.07) is 21.2. The smallest absolute Gasteiger partial charge is 0.162 e. The third-order valence-electron chi connectivity index (χ3n) is 11.1. The van der Waals surface area contributed by atoms with Gasteiger partial charge in [-0.3, -0.25) is 9.78 Å². The van der Waals surface area contributed by atoms with Gasteiger partial charge in [0, 0.05) is 49.1 Å². The van der Waals surface area contributed by atoms with Crippen LogP contribution in [0.4, 0.5) is 0 Å². The Hall–Kier alpha value is -2.81. The molecule has 3 nitrogen and oxygen atoms in total. The number of aryl methyl sites for hydroxylation is 1. The van der Waals surface area contributed by atoms with E-state index in [0.717, 1.165) is 43.3 Å². The quantitative estimate of drug-likeness (QED) is 0.109. The van der Waals surface area contributed by atoms with Gasteiger partial charge >= 0.3 is 0 Å². The molecule has 3 aromatic carbocycles. The van der Waals surface area contributed by atoms with Gasteiger partial charge in [0.05, 0.1) is 11.3 Å². The number of pyridine rings is 1. The first-order chi connectivity index (χ1) is 22.0. The number of aliphatic hydroxyl groups is 1. The van der Waals surface area contributed by atoms with Crippen LogP contribution in [0.5, 0.6) is 0 Å². The normalized spacial score (nSPS) is 15.1. The molecule has 5 rings (SSSR count). The zero-order valence-corrected chi connectivity index (χ0v) is 33.9. The number of ketones is 1. The molecule has 4 aromatic rings. The third-order valence-corrected chi connectivity index (χ3v) is 11.1. The number of carbonyl (C=O) groups is 1. The fourth-order valence-electron chi connectivity index (χ4n) is 7.65. The van der Waals surface area contributed by atoms with E-state index < -0.39 is 0 Å². The van der Waals surface area contributed by atoms with Gasteiger partial charge in [0.25, 0.3) is 0 Å². The first kappa shape index (κ1) is 39.6. The van der Waals surface area contributed by atoms with Gasteiger partial charge in [-0.05, 0) is 65.5 Å². The first-order valence-electron chi connectivity index (χ1n) is 17.9. The van der Waals surface area contributed by atoms with Crippen molar-refractivity contribution in [3.05, 3.63) is 88.7 Å². The minimum atomic E-state index is -0.0754. The Morgan fingerprint density at radius 2 is 1.35 bits per heavy atom. The average molecular weight is 825 g/mol. The molecule has 4 heteroatoms. The molecule has 1 aromatic heterocycles. The summed E-state index contributed by atoms with van der Waals surface area (Å²) in [5.41, 5.74) is 9.11. The zero-order valence-electron chi connectivity index (χ0n) is 31.5. The summed E-state index contributed by atoms with van der Waals surface area (Å²) in [6.45, 7) is 27.1. The average Bonchev–Trinajstić information content (AvgIpc) is 3.00. The maximum atomic E-state index is 11.7. The summed E-state index contributed by atoms with van der Waals surface area (Å²) in [5.74, 6) is 0.547. The van der Waals surface area contributed by atoms with E-state index in [2.05, 4.69) is 110 Å². The van der Waals surface area contributed by atoms with Crippen LogP contribution in [-0.2, 0) is 42.2 Å². The molecule has 0 saturated carbocycles. The number of carbonyl (C=O) groups excluding carboxylic acids is 1. The summed E-state index contributed by atoms with van der Waals surface area (Å²) in [4.78, 5) is 17.0. The van der Waals surface area contributed by atoms with Crippen molar-refractivity contribution in [3.8, 4) is 11.3 Å². The zero-order chi connectivity index (χ0) is 34.9. The maximum absolute atomic E-state index is 11.7. The van der Waals surface area contributed by atoms with Gasteiger partial charge in [0.2, 0.25) is 0 Å². The van der Waals surface area contributed by atoms with E-state index in [1.165, 1.54) is 50.1 Å². The molecular weight excluding hydrogens is 767 g/mol. The number of benzene rings is 3. The number of nitrogens with zero attached hydrogens (tertiary/aromatic N) is 1. The van der Waals surface area contributed by atoms with E-state index in [4.69, 9.17) is 4.98 Å². The largest absolute Gasteiger partial charge is 0.512 e. The Kier molecular flexibility index (Phi) is 12.7. The molecule has 48 heavy (non-hydrogen) atoms. The Morgan fingerprint density at radius 1 is 0.833 bits per heavy atom. The molecule has 0 amide bonds. The van der Waals surface area contributed by atoms with E-state index >= 15 is 0 Å². The van der Waals surface area contributed by atoms with E-state index in [9.17, 15) is 9.90 Å². The van der Waals surface area contributed by atoms with Gasteiger partial charge in [-0.1, -0.05) is 136 Å². The molecule has 0 spiro atoms. The summed E-state index contributed by atoms with van der Waals surface area (Å²) in [6.07, 6.45) is 5.93. The predicted molar refractivity (Wildman–Crippen MR) is 201 cm³/mol. The monoisotopic (exact) mass is 825 g/mol. The Labute approximate surface area is 304 Å². The second-order valence-electron chi connectivity index (χ2n) is 15.9. The number of para-hydroxylation sites is 1. The molecule has 1 heterocycles. The molecular formula is C44H58IrNO2-. The molecule has 0 aliphatic heterocycles. The molecule has 1 aliphatic carbocycles. The summed E-state index contributed by atoms with van der Waals surface area (Å²) in [7, 11) is 0. The minimum Gasteiger partial charge on any atom is -0.512 e. The number of rotatable bonds is 8. The van der Waals surface area contributed by atoms with Crippen molar-refractivity contribution in [2.24, 2.45) is 17.3 Å². The van der Waals surface area contributed by atoms with Crippen LogP contribution in [0.25, 0.3) is 32.9 Å². The molecule has 0 saturated heterocycles. The number of hydrogen-bond acceptors (Lipinski definition) is 3. The van der Waals surface area contributed by atoms with Crippen LogP contribution in [0.2, 0.25) is 0 Å². The van der Waals surface area contributed by atoms with Crippen LogP contribution in [0.15, 0.2) is 60.4 Å². The minimum absolute atomic E-state index is 0. The molecule has 0 unspecified atom stereocenters. The maximum Gasteiger partial charge on any atom is 0.162 e. The van der Waals surface area contributed by atoms with Gasteiger partial charge in [-0.15, -0.1) is 23.1 Å². The Morgan fingerprint density at radius 3 is 1.92 bits per heavy atom. The summed E-state index contributed by atoms with van der Waals surface area (Å²) < 4.78 is 0. The topological polar surface area (TPSA) is 50.2 Å². The second kappa shape index (κ2) is 15.4. The van der Waals surface area contributed by atoms with Crippen molar-refractivity contribution in [2.45, 2.75) is 126 Å². The van der Waals surface area contributed by atoms with Crippen LogP contribution in [-0.4, -0.2) is 15.9 Å². The third kappa shape index (κ3) is 7.51. The van der Waals surface area contributed by atoms with Gasteiger partial charge in [-0.25, -0.2) is 0 Å². The standard InChI is InChI=1S/C31H34N.C13H24O2.Ir/c1-19-21-14-10-9-13-20(21)17-23-26(19)30(5,6)31(7,8)27-24(18-29(2,3)4)22-15-11-12-16-25(22)32-28(23)27;1-5-10(6-2)12(14)9-13(15)11(7-3)8-4;/h9-16H,18H2,1-8H3;9-11,14H,5-8H2,1-4H3;/q-1;;/b;12-9-;.